The quantitative estimate of drug-likeness (QED) is 0.794. The largest absolute Gasteiger partial charge is 0.399 e. The van der Waals surface area contributed by atoms with Gasteiger partial charge in [-0.2, -0.15) is 0 Å². The number of amides is 1. The molecule has 0 saturated heterocycles. The number of aryl methyl sites for hydroxylation is 2. The number of anilines is 2. The molecule has 4 heteroatoms. The van der Waals surface area contributed by atoms with E-state index in [1.54, 1.807) is 24.4 Å². The lowest BCUT2D eigenvalue weighted by molar-refractivity contribution is 0.102. The van der Waals surface area contributed by atoms with Crippen molar-refractivity contribution in [2.45, 2.75) is 13.8 Å². The molecule has 0 aliphatic carbocycles. The van der Waals surface area contributed by atoms with Crippen molar-refractivity contribution in [2.75, 3.05) is 11.1 Å². The van der Waals surface area contributed by atoms with Crippen molar-refractivity contribution >= 4 is 17.3 Å². The number of pyridine rings is 1. The number of carbonyl (C=O) groups excluding carboxylic acids is 1. The van der Waals surface area contributed by atoms with Crippen LogP contribution < -0.4 is 11.1 Å². The van der Waals surface area contributed by atoms with E-state index < -0.39 is 0 Å². The van der Waals surface area contributed by atoms with E-state index in [-0.39, 0.29) is 5.91 Å². The molecule has 0 radical (unpaired) electrons. The molecule has 0 aliphatic rings. The summed E-state index contributed by atoms with van der Waals surface area (Å²) in [5.74, 6) is -0.163. The van der Waals surface area contributed by atoms with Gasteiger partial charge in [-0.3, -0.25) is 9.78 Å². The number of hydrogen-bond acceptors (Lipinski definition) is 3. The highest BCUT2D eigenvalue weighted by atomic mass is 16.1. The third-order valence-electron chi connectivity index (χ3n) is 2.70. The second kappa shape index (κ2) is 4.87. The molecule has 0 saturated carbocycles. The van der Waals surface area contributed by atoms with Gasteiger partial charge in [0, 0.05) is 16.9 Å². The zero-order valence-corrected chi connectivity index (χ0v) is 10.4. The minimum Gasteiger partial charge on any atom is -0.399 e. The molecule has 92 valence electrons. The molecule has 18 heavy (non-hydrogen) atoms. The first-order chi connectivity index (χ1) is 8.56. The van der Waals surface area contributed by atoms with Crippen LogP contribution in [0.1, 0.15) is 21.6 Å². The zero-order chi connectivity index (χ0) is 13.1. The van der Waals surface area contributed by atoms with Crippen molar-refractivity contribution < 1.29 is 4.79 Å². The number of nitrogens with zero attached hydrogens (tertiary/aromatic N) is 1. The molecule has 2 aromatic rings. The summed E-state index contributed by atoms with van der Waals surface area (Å²) in [5.41, 5.74) is 9.47. The Morgan fingerprint density at radius 2 is 2.00 bits per heavy atom. The van der Waals surface area contributed by atoms with E-state index in [0.717, 1.165) is 11.3 Å². The highest BCUT2D eigenvalue weighted by molar-refractivity contribution is 6.04. The first-order valence-corrected chi connectivity index (χ1v) is 5.66. The van der Waals surface area contributed by atoms with Crippen molar-refractivity contribution in [2.24, 2.45) is 0 Å². The van der Waals surface area contributed by atoms with E-state index in [1.165, 1.54) is 0 Å². The topological polar surface area (TPSA) is 68.0 Å². The maximum Gasteiger partial charge on any atom is 0.255 e. The second-order valence-electron chi connectivity index (χ2n) is 4.21. The van der Waals surface area contributed by atoms with Gasteiger partial charge in [0.05, 0.1) is 11.9 Å². The van der Waals surface area contributed by atoms with E-state index in [2.05, 4.69) is 10.3 Å². The van der Waals surface area contributed by atoms with Crippen LogP contribution in [-0.4, -0.2) is 10.9 Å². The van der Waals surface area contributed by atoms with Crippen LogP contribution in [0.25, 0.3) is 0 Å². The minimum absolute atomic E-state index is 0.163. The molecule has 2 rings (SSSR count). The van der Waals surface area contributed by atoms with Gasteiger partial charge in [0.15, 0.2) is 0 Å². The number of hydrogen-bond donors (Lipinski definition) is 2. The minimum atomic E-state index is -0.163. The van der Waals surface area contributed by atoms with Crippen molar-refractivity contribution in [1.29, 1.82) is 0 Å². The summed E-state index contributed by atoms with van der Waals surface area (Å²) in [6.07, 6.45) is 1.64. The molecule has 4 nitrogen and oxygen atoms in total. The summed E-state index contributed by atoms with van der Waals surface area (Å²) in [7, 11) is 0. The van der Waals surface area contributed by atoms with Gasteiger partial charge < -0.3 is 11.1 Å². The monoisotopic (exact) mass is 241 g/mol. The first kappa shape index (κ1) is 12.1. The van der Waals surface area contributed by atoms with Gasteiger partial charge in [-0.1, -0.05) is 0 Å². The zero-order valence-electron chi connectivity index (χ0n) is 10.4. The fraction of sp³-hybridized carbons (Fsp3) is 0.143. The van der Waals surface area contributed by atoms with E-state index in [1.807, 2.05) is 26.0 Å². The molecule has 1 amide bonds. The fourth-order valence-corrected chi connectivity index (χ4v) is 1.56. The average molecular weight is 241 g/mol. The maximum atomic E-state index is 12.0. The van der Waals surface area contributed by atoms with Gasteiger partial charge in [-0.25, -0.2) is 0 Å². The normalized spacial score (nSPS) is 10.1. The van der Waals surface area contributed by atoms with E-state index in [4.69, 9.17) is 5.73 Å². The predicted molar refractivity (Wildman–Crippen MR) is 72.5 cm³/mol. The summed E-state index contributed by atoms with van der Waals surface area (Å²) in [6.45, 7) is 3.77. The van der Waals surface area contributed by atoms with Crippen LogP contribution in [0.5, 0.6) is 0 Å². The Balaban J connectivity index is 2.16. The molecule has 3 N–H and O–H groups in total. The summed E-state index contributed by atoms with van der Waals surface area (Å²) >= 11 is 0. The number of nitrogens with two attached hydrogens (primary N) is 1. The van der Waals surface area contributed by atoms with Crippen LogP contribution in [0.4, 0.5) is 11.4 Å². The summed E-state index contributed by atoms with van der Waals surface area (Å²) in [5, 5.41) is 2.79. The molecule has 0 spiro atoms. The van der Waals surface area contributed by atoms with Gasteiger partial charge >= 0.3 is 0 Å². The van der Waals surface area contributed by atoms with Crippen LogP contribution in [0, 0.1) is 13.8 Å². The van der Waals surface area contributed by atoms with Crippen molar-refractivity contribution in [3.05, 3.63) is 53.3 Å². The Bertz CT molecular complexity index is 576. The molecule has 0 atom stereocenters. The predicted octanol–water partition coefficient (Wildman–Crippen LogP) is 2.53. The van der Waals surface area contributed by atoms with Gasteiger partial charge in [0.2, 0.25) is 0 Å². The van der Waals surface area contributed by atoms with E-state index in [0.29, 0.717) is 16.9 Å². The number of nitrogens with one attached hydrogen (secondary N) is 1. The molecule has 1 aromatic carbocycles. The molecule has 0 unspecified atom stereocenters. The van der Waals surface area contributed by atoms with Crippen molar-refractivity contribution in [3.8, 4) is 0 Å². The lowest BCUT2D eigenvalue weighted by Gasteiger charge is -2.07. The average Bonchev–Trinajstić information content (AvgIpc) is 2.35. The van der Waals surface area contributed by atoms with Gasteiger partial charge in [-0.15, -0.1) is 0 Å². The maximum absolute atomic E-state index is 12.0. The summed E-state index contributed by atoms with van der Waals surface area (Å²) < 4.78 is 0. The number of rotatable bonds is 2. The molecular weight excluding hydrogens is 226 g/mol. The highest BCUT2D eigenvalue weighted by Gasteiger charge is 2.07. The number of nitrogen functional groups attached to an aromatic ring is 1. The van der Waals surface area contributed by atoms with E-state index >= 15 is 0 Å². The van der Waals surface area contributed by atoms with Crippen LogP contribution in [0.15, 0.2) is 36.5 Å². The lowest BCUT2D eigenvalue weighted by atomic mass is 10.1. The standard InChI is InChI=1S/C14H15N3O/c1-9-7-11(4-6-13(9)15)14(18)17-12-5-3-10(2)16-8-12/h3-8H,15H2,1-2H3,(H,17,18). The molecular formula is C14H15N3O. The molecule has 0 aliphatic heterocycles. The van der Waals surface area contributed by atoms with Crippen molar-refractivity contribution in [3.63, 3.8) is 0 Å². The first-order valence-electron chi connectivity index (χ1n) is 5.66. The van der Waals surface area contributed by atoms with Gasteiger partial charge in [0.25, 0.3) is 5.91 Å². The van der Waals surface area contributed by atoms with Crippen LogP contribution >= 0.6 is 0 Å². The molecule has 0 bridgehead atoms. The molecule has 1 aromatic heterocycles. The van der Waals surface area contributed by atoms with Crippen molar-refractivity contribution in [1.82, 2.24) is 4.98 Å². The number of aromatic nitrogens is 1. The Kier molecular flexibility index (Phi) is 3.28. The fourth-order valence-electron chi connectivity index (χ4n) is 1.56. The van der Waals surface area contributed by atoms with Crippen LogP contribution in [-0.2, 0) is 0 Å². The summed E-state index contributed by atoms with van der Waals surface area (Å²) in [4.78, 5) is 16.1. The smallest absolute Gasteiger partial charge is 0.255 e. The summed E-state index contributed by atoms with van der Waals surface area (Å²) in [6, 6.07) is 8.89. The van der Waals surface area contributed by atoms with E-state index in [9.17, 15) is 4.79 Å². The van der Waals surface area contributed by atoms with Gasteiger partial charge in [0.1, 0.15) is 0 Å². The van der Waals surface area contributed by atoms with Crippen LogP contribution in [0.3, 0.4) is 0 Å². The second-order valence-corrected chi connectivity index (χ2v) is 4.21. The third-order valence-corrected chi connectivity index (χ3v) is 2.70. The SMILES string of the molecule is Cc1ccc(NC(=O)c2ccc(N)c(C)c2)cn1. The number of benzene rings is 1. The Labute approximate surface area is 106 Å². The Morgan fingerprint density at radius 3 is 2.61 bits per heavy atom. The Hall–Kier alpha value is -2.36. The lowest BCUT2D eigenvalue weighted by Crippen LogP contribution is -2.12. The van der Waals surface area contributed by atoms with Crippen LogP contribution in [0.2, 0.25) is 0 Å². The Morgan fingerprint density at radius 1 is 1.22 bits per heavy atom. The van der Waals surface area contributed by atoms with Gasteiger partial charge in [-0.05, 0) is 49.7 Å². The number of carbonyl (C=O) groups is 1. The highest BCUT2D eigenvalue weighted by Crippen LogP contribution is 2.14. The molecule has 1 heterocycles. The molecule has 0 fully saturated rings. The third kappa shape index (κ3) is 2.66.